The number of benzene rings is 1. The summed E-state index contributed by atoms with van der Waals surface area (Å²) in [5, 5.41) is 0. The second-order valence-electron chi connectivity index (χ2n) is 3.92. The van der Waals surface area contributed by atoms with E-state index < -0.39 is 0 Å². The predicted molar refractivity (Wildman–Crippen MR) is 69.7 cm³/mol. The first-order valence-electron chi connectivity index (χ1n) is 5.75. The first-order valence-corrected chi connectivity index (χ1v) is 5.75. The molecule has 2 N–H and O–H groups in total. The van der Waals surface area contributed by atoms with Crippen molar-refractivity contribution in [3.8, 4) is 11.1 Å². The third-order valence-corrected chi connectivity index (χ3v) is 2.83. The van der Waals surface area contributed by atoms with E-state index >= 15 is 0 Å². The first-order chi connectivity index (χ1) is 8.26. The molecule has 1 aromatic heterocycles. The van der Waals surface area contributed by atoms with E-state index in [0.717, 1.165) is 11.1 Å². The van der Waals surface area contributed by atoms with Gasteiger partial charge in [-0.3, -0.25) is 4.79 Å². The molecule has 0 saturated carbocycles. The van der Waals surface area contributed by atoms with Gasteiger partial charge in [-0.25, -0.2) is 0 Å². The van der Waals surface area contributed by atoms with Gasteiger partial charge in [0.25, 0.3) is 5.56 Å². The molecule has 17 heavy (non-hydrogen) atoms. The van der Waals surface area contributed by atoms with E-state index in [0.29, 0.717) is 12.1 Å². The van der Waals surface area contributed by atoms with Crippen molar-refractivity contribution in [3.63, 3.8) is 0 Å². The lowest BCUT2D eigenvalue weighted by molar-refractivity contribution is 0.716. The lowest BCUT2D eigenvalue weighted by Gasteiger charge is -2.09. The van der Waals surface area contributed by atoms with Gasteiger partial charge in [-0.05, 0) is 24.1 Å². The van der Waals surface area contributed by atoms with Crippen LogP contribution in [0.5, 0.6) is 0 Å². The van der Waals surface area contributed by atoms with Crippen LogP contribution in [-0.4, -0.2) is 4.57 Å². The third-order valence-electron chi connectivity index (χ3n) is 2.83. The highest BCUT2D eigenvalue weighted by molar-refractivity contribution is 5.62. The summed E-state index contributed by atoms with van der Waals surface area (Å²) in [6, 6.07) is 11.9. The van der Waals surface area contributed by atoms with E-state index in [9.17, 15) is 4.79 Å². The Balaban J connectivity index is 2.60. The van der Waals surface area contributed by atoms with Crippen LogP contribution in [0.4, 0.5) is 0 Å². The van der Waals surface area contributed by atoms with Gasteiger partial charge in [0, 0.05) is 24.8 Å². The molecular formula is C14H16N2O. The van der Waals surface area contributed by atoms with Crippen LogP contribution in [0.2, 0.25) is 0 Å². The predicted octanol–water partition coefficient (Wildman–Crippen LogP) is 1.99. The van der Waals surface area contributed by atoms with Gasteiger partial charge in [-0.1, -0.05) is 30.3 Å². The zero-order valence-corrected chi connectivity index (χ0v) is 9.89. The maximum absolute atomic E-state index is 11.9. The van der Waals surface area contributed by atoms with Gasteiger partial charge < -0.3 is 10.3 Å². The fourth-order valence-corrected chi connectivity index (χ4v) is 1.87. The fourth-order valence-electron chi connectivity index (χ4n) is 1.87. The maximum atomic E-state index is 11.9. The highest BCUT2D eigenvalue weighted by Crippen LogP contribution is 2.18. The molecule has 0 aliphatic heterocycles. The molecule has 88 valence electrons. The van der Waals surface area contributed by atoms with Crippen LogP contribution >= 0.6 is 0 Å². The monoisotopic (exact) mass is 228 g/mol. The smallest absolute Gasteiger partial charge is 0.255 e. The Morgan fingerprint density at radius 3 is 2.47 bits per heavy atom. The first kappa shape index (κ1) is 11.6. The average molecular weight is 228 g/mol. The van der Waals surface area contributed by atoms with E-state index in [2.05, 4.69) is 0 Å². The molecule has 0 amide bonds. The van der Waals surface area contributed by atoms with Gasteiger partial charge in [0.1, 0.15) is 0 Å². The summed E-state index contributed by atoms with van der Waals surface area (Å²) in [4.78, 5) is 11.9. The molecule has 1 aromatic carbocycles. The largest absolute Gasteiger partial charge is 0.326 e. The van der Waals surface area contributed by atoms with Crippen molar-refractivity contribution in [1.29, 1.82) is 0 Å². The number of aryl methyl sites for hydroxylation is 1. The minimum Gasteiger partial charge on any atom is -0.326 e. The molecule has 0 radical (unpaired) electrons. The van der Waals surface area contributed by atoms with E-state index in [1.54, 1.807) is 4.57 Å². The van der Waals surface area contributed by atoms with Crippen LogP contribution in [0.1, 0.15) is 12.5 Å². The molecule has 0 aliphatic carbocycles. The van der Waals surface area contributed by atoms with Crippen LogP contribution in [0.25, 0.3) is 11.1 Å². The Bertz CT molecular complexity index is 530. The summed E-state index contributed by atoms with van der Waals surface area (Å²) >= 11 is 0. The molecule has 0 bridgehead atoms. The number of nitrogens with zero attached hydrogens (tertiary/aromatic N) is 1. The molecule has 1 heterocycles. The van der Waals surface area contributed by atoms with Gasteiger partial charge in [0.15, 0.2) is 0 Å². The van der Waals surface area contributed by atoms with Crippen molar-refractivity contribution in [1.82, 2.24) is 4.57 Å². The Kier molecular flexibility index (Phi) is 3.40. The number of hydrogen-bond donors (Lipinski definition) is 1. The zero-order chi connectivity index (χ0) is 12.3. The standard InChI is InChI=1S/C14H16N2O/c1-2-16-10-13(8-12(9-15)14(16)17)11-6-4-3-5-7-11/h3-8,10H,2,9,15H2,1H3. The van der Waals surface area contributed by atoms with Gasteiger partial charge in [-0.2, -0.15) is 0 Å². The lowest BCUT2D eigenvalue weighted by atomic mass is 10.1. The highest BCUT2D eigenvalue weighted by Gasteiger charge is 2.05. The molecule has 3 nitrogen and oxygen atoms in total. The minimum atomic E-state index is 0.00896. The Hall–Kier alpha value is -1.87. The van der Waals surface area contributed by atoms with E-state index in [1.165, 1.54) is 0 Å². The zero-order valence-electron chi connectivity index (χ0n) is 9.89. The molecule has 0 saturated heterocycles. The van der Waals surface area contributed by atoms with Crippen molar-refractivity contribution in [2.45, 2.75) is 20.0 Å². The molecule has 0 aliphatic rings. The summed E-state index contributed by atoms with van der Waals surface area (Å²) in [6.45, 7) is 2.89. The van der Waals surface area contributed by atoms with E-state index in [4.69, 9.17) is 5.73 Å². The van der Waals surface area contributed by atoms with Gasteiger partial charge in [0.05, 0.1) is 0 Å². The molecule has 0 spiro atoms. The molecule has 0 unspecified atom stereocenters. The van der Waals surface area contributed by atoms with Gasteiger partial charge in [0.2, 0.25) is 0 Å². The average Bonchev–Trinajstić information content (AvgIpc) is 2.40. The van der Waals surface area contributed by atoms with Crippen molar-refractivity contribution < 1.29 is 0 Å². The quantitative estimate of drug-likeness (QED) is 0.873. The van der Waals surface area contributed by atoms with Gasteiger partial charge in [-0.15, -0.1) is 0 Å². The Labute approximate surface area is 101 Å². The van der Waals surface area contributed by atoms with E-state index in [1.807, 2.05) is 49.5 Å². The molecule has 3 heteroatoms. The molecule has 0 atom stereocenters. The van der Waals surface area contributed by atoms with Crippen molar-refractivity contribution >= 4 is 0 Å². The summed E-state index contributed by atoms with van der Waals surface area (Å²) in [6.07, 6.45) is 1.89. The molecular weight excluding hydrogens is 212 g/mol. The number of aromatic nitrogens is 1. The van der Waals surface area contributed by atoms with Crippen LogP contribution in [0, 0.1) is 0 Å². The summed E-state index contributed by atoms with van der Waals surface area (Å²) in [5.41, 5.74) is 8.41. The van der Waals surface area contributed by atoms with Gasteiger partial charge >= 0.3 is 0 Å². The normalized spacial score (nSPS) is 10.5. The molecule has 2 rings (SSSR count). The number of rotatable bonds is 3. The Morgan fingerprint density at radius 2 is 1.88 bits per heavy atom. The number of nitrogens with two attached hydrogens (primary N) is 1. The Morgan fingerprint density at radius 1 is 1.18 bits per heavy atom. The topological polar surface area (TPSA) is 48.0 Å². The minimum absolute atomic E-state index is 0.00896. The van der Waals surface area contributed by atoms with Crippen LogP contribution in [-0.2, 0) is 13.1 Å². The lowest BCUT2D eigenvalue weighted by Crippen LogP contribution is -2.24. The number of hydrogen-bond acceptors (Lipinski definition) is 2. The fraction of sp³-hybridized carbons (Fsp3) is 0.214. The maximum Gasteiger partial charge on any atom is 0.255 e. The van der Waals surface area contributed by atoms with Crippen molar-refractivity contribution in [2.75, 3.05) is 0 Å². The second kappa shape index (κ2) is 4.97. The molecule has 0 fully saturated rings. The van der Waals surface area contributed by atoms with Crippen LogP contribution in [0.3, 0.4) is 0 Å². The summed E-state index contributed by atoms with van der Waals surface area (Å²) in [5.74, 6) is 0. The van der Waals surface area contributed by atoms with Crippen molar-refractivity contribution in [3.05, 3.63) is 58.5 Å². The second-order valence-corrected chi connectivity index (χ2v) is 3.92. The van der Waals surface area contributed by atoms with E-state index in [-0.39, 0.29) is 12.1 Å². The number of pyridine rings is 1. The van der Waals surface area contributed by atoms with Crippen LogP contribution < -0.4 is 11.3 Å². The SMILES string of the molecule is CCn1cc(-c2ccccc2)cc(CN)c1=O. The highest BCUT2D eigenvalue weighted by atomic mass is 16.1. The third kappa shape index (κ3) is 2.29. The summed E-state index contributed by atoms with van der Waals surface area (Å²) in [7, 11) is 0. The van der Waals surface area contributed by atoms with Crippen molar-refractivity contribution in [2.24, 2.45) is 5.73 Å². The molecule has 2 aromatic rings. The summed E-state index contributed by atoms with van der Waals surface area (Å²) < 4.78 is 1.70. The van der Waals surface area contributed by atoms with Crippen LogP contribution in [0.15, 0.2) is 47.4 Å².